The second-order valence-electron chi connectivity index (χ2n) is 7.24. The van der Waals surface area contributed by atoms with Gasteiger partial charge in [0.25, 0.3) is 0 Å². The van der Waals surface area contributed by atoms with E-state index in [0.29, 0.717) is 37.6 Å². The van der Waals surface area contributed by atoms with Gasteiger partial charge in [-0.2, -0.15) is 0 Å². The first-order valence-electron chi connectivity index (χ1n) is 10.1. The van der Waals surface area contributed by atoms with Gasteiger partial charge in [0.2, 0.25) is 11.8 Å². The summed E-state index contributed by atoms with van der Waals surface area (Å²) in [7, 11) is 1.60. The maximum Gasteiger partial charge on any atom is 0.573 e. The number of amides is 2. The quantitative estimate of drug-likeness (QED) is 0.580. The van der Waals surface area contributed by atoms with Crippen LogP contribution in [0.2, 0.25) is 0 Å². The van der Waals surface area contributed by atoms with Crippen LogP contribution >= 0.6 is 11.8 Å². The van der Waals surface area contributed by atoms with Crippen LogP contribution in [0.25, 0.3) is 0 Å². The third kappa shape index (κ3) is 8.17. The van der Waals surface area contributed by atoms with E-state index in [2.05, 4.69) is 10.1 Å². The number of rotatable bonds is 8. The Morgan fingerprint density at radius 3 is 2.15 bits per heavy atom. The standard InChI is InChI=1S/C22H24F3N3O4S/c1-31-17-6-8-19(9-7-17)33-15-21(30)28-12-10-27(11-13-28)14-20(29)26-16-2-4-18(5-3-16)32-22(23,24)25/h2-9H,10-15H2,1H3,(H,26,29). The van der Waals surface area contributed by atoms with Gasteiger partial charge in [-0.1, -0.05) is 0 Å². The van der Waals surface area contributed by atoms with Crippen molar-refractivity contribution in [2.24, 2.45) is 0 Å². The number of halogens is 3. The molecular weight excluding hydrogens is 459 g/mol. The van der Waals surface area contributed by atoms with Crippen molar-refractivity contribution in [3.63, 3.8) is 0 Å². The first-order chi connectivity index (χ1) is 15.7. The average molecular weight is 484 g/mol. The zero-order chi connectivity index (χ0) is 23.8. The number of methoxy groups -OCH3 is 1. The van der Waals surface area contributed by atoms with Crippen LogP contribution in [0.3, 0.4) is 0 Å². The van der Waals surface area contributed by atoms with Crippen molar-refractivity contribution >= 4 is 29.3 Å². The molecule has 1 N–H and O–H groups in total. The molecule has 0 radical (unpaired) electrons. The molecular formula is C22H24F3N3O4S. The Balaban J connectivity index is 1.37. The van der Waals surface area contributed by atoms with E-state index < -0.39 is 6.36 Å². The van der Waals surface area contributed by atoms with Crippen molar-refractivity contribution in [3.05, 3.63) is 48.5 Å². The monoisotopic (exact) mass is 483 g/mol. The third-order valence-corrected chi connectivity index (χ3v) is 5.88. The maximum absolute atomic E-state index is 12.5. The van der Waals surface area contributed by atoms with E-state index in [0.717, 1.165) is 22.8 Å². The summed E-state index contributed by atoms with van der Waals surface area (Å²) in [5.74, 6) is 0.501. The maximum atomic E-state index is 12.5. The summed E-state index contributed by atoms with van der Waals surface area (Å²) in [6.45, 7) is 2.30. The number of carbonyl (C=O) groups excluding carboxylic acids is 2. The van der Waals surface area contributed by atoms with E-state index in [4.69, 9.17) is 4.74 Å². The van der Waals surface area contributed by atoms with Gasteiger partial charge in [0.15, 0.2) is 0 Å². The number of hydrogen-bond acceptors (Lipinski definition) is 6. The minimum atomic E-state index is -4.76. The highest BCUT2D eigenvalue weighted by atomic mass is 32.2. The molecule has 2 amide bonds. The number of piperazine rings is 1. The number of hydrogen-bond donors (Lipinski definition) is 1. The molecule has 0 unspecified atom stereocenters. The molecule has 1 fully saturated rings. The summed E-state index contributed by atoms with van der Waals surface area (Å²) < 4.78 is 45.6. The lowest BCUT2D eigenvalue weighted by Gasteiger charge is -2.34. The van der Waals surface area contributed by atoms with Gasteiger partial charge in [0.1, 0.15) is 11.5 Å². The predicted octanol–water partition coefficient (Wildman–Crippen LogP) is 3.47. The predicted molar refractivity (Wildman–Crippen MR) is 118 cm³/mol. The van der Waals surface area contributed by atoms with Crippen LogP contribution in [0.15, 0.2) is 53.4 Å². The molecule has 2 aromatic rings. The molecule has 0 saturated carbocycles. The van der Waals surface area contributed by atoms with E-state index in [1.54, 1.807) is 12.0 Å². The smallest absolute Gasteiger partial charge is 0.497 e. The molecule has 1 heterocycles. The Hall–Kier alpha value is -2.92. The van der Waals surface area contributed by atoms with Gasteiger partial charge in [0, 0.05) is 36.8 Å². The minimum Gasteiger partial charge on any atom is -0.497 e. The highest BCUT2D eigenvalue weighted by molar-refractivity contribution is 8.00. The Kier molecular flexibility index (Phi) is 8.45. The summed E-state index contributed by atoms with van der Waals surface area (Å²) in [6, 6.07) is 12.5. The molecule has 178 valence electrons. The first kappa shape index (κ1) is 24.7. The Labute approximate surface area is 193 Å². The van der Waals surface area contributed by atoms with Crippen LogP contribution in [-0.4, -0.2) is 73.6 Å². The number of benzene rings is 2. The number of nitrogens with one attached hydrogen (secondary N) is 1. The first-order valence-corrected chi connectivity index (χ1v) is 11.1. The normalized spacial score (nSPS) is 14.6. The van der Waals surface area contributed by atoms with Gasteiger partial charge in [-0.05, 0) is 48.5 Å². The number of carbonyl (C=O) groups is 2. The molecule has 3 rings (SSSR count). The fourth-order valence-corrected chi connectivity index (χ4v) is 4.01. The van der Waals surface area contributed by atoms with Gasteiger partial charge < -0.3 is 19.7 Å². The van der Waals surface area contributed by atoms with Crippen LogP contribution in [0.1, 0.15) is 0 Å². The molecule has 0 spiro atoms. The van der Waals surface area contributed by atoms with Gasteiger partial charge in [0.05, 0.1) is 19.4 Å². The Morgan fingerprint density at radius 2 is 1.58 bits per heavy atom. The zero-order valence-electron chi connectivity index (χ0n) is 17.9. The second kappa shape index (κ2) is 11.3. The number of alkyl halides is 3. The molecule has 1 aliphatic rings. The zero-order valence-corrected chi connectivity index (χ0v) is 18.7. The summed E-state index contributed by atoms with van der Waals surface area (Å²) >= 11 is 1.46. The lowest BCUT2D eigenvalue weighted by Crippen LogP contribution is -2.50. The molecule has 33 heavy (non-hydrogen) atoms. The summed E-state index contributed by atoms with van der Waals surface area (Å²) in [5, 5.41) is 2.65. The molecule has 1 aliphatic heterocycles. The number of ether oxygens (including phenoxy) is 2. The molecule has 0 atom stereocenters. The highest BCUT2D eigenvalue weighted by Gasteiger charge is 2.31. The van der Waals surface area contributed by atoms with Crippen LogP contribution in [0.5, 0.6) is 11.5 Å². The minimum absolute atomic E-state index is 0.0427. The third-order valence-electron chi connectivity index (χ3n) is 4.89. The molecule has 0 aromatic heterocycles. The van der Waals surface area contributed by atoms with Gasteiger partial charge in [-0.15, -0.1) is 24.9 Å². The van der Waals surface area contributed by atoms with E-state index in [1.807, 2.05) is 29.2 Å². The van der Waals surface area contributed by atoms with Gasteiger partial charge in [-0.3, -0.25) is 14.5 Å². The molecule has 0 bridgehead atoms. The van der Waals surface area contributed by atoms with Crippen LogP contribution in [0.4, 0.5) is 18.9 Å². The number of thioether (sulfide) groups is 1. The van der Waals surface area contributed by atoms with Crippen molar-refractivity contribution in [2.45, 2.75) is 11.3 Å². The van der Waals surface area contributed by atoms with E-state index in [9.17, 15) is 22.8 Å². The van der Waals surface area contributed by atoms with Crippen molar-refractivity contribution < 1.29 is 32.2 Å². The van der Waals surface area contributed by atoms with E-state index >= 15 is 0 Å². The number of nitrogens with zero attached hydrogens (tertiary/aromatic N) is 2. The topological polar surface area (TPSA) is 71.1 Å². The largest absolute Gasteiger partial charge is 0.573 e. The van der Waals surface area contributed by atoms with Crippen molar-refractivity contribution in [1.82, 2.24) is 9.80 Å². The Morgan fingerprint density at radius 1 is 0.970 bits per heavy atom. The summed E-state index contributed by atoms with van der Waals surface area (Å²) in [4.78, 5) is 29.4. The van der Waals surface area contributed by atoms with E-state index in [1.165, 1.54) is 23.9 Å². The van der Waals surface area contributed by atoms with Gasteiger partial charge >= 0.3 is 6.36 Å². The number of anilines is 1. The average Bonchev–Trinajstić information content (AvgIpc) is 2.78. The second-order valence-corrected chi connectivity index (χ2v) is 8.29. The van der Waals surface area contributed by atoms with Crippen LogP contribution in [-0.2, 0) is 9.59 Å². The molecule has 2 aromatic carbocycles. The lowest BCUT2D eigenvalue weighted by atomic mass is 10.3. The van der Waals surface area contributed by atoms with Crippen molar-refractivity contribution in [2.75, 3.05) is 50.9 Å². The molecule has 0 aliphatic carbocycles. The van der Waals surface area contributed by atoms with Crippen molar-refractivity contribution in [3.8, 4) is 11.5 Å². The fourth-order valence-electron chi connectivity index (χ4n) is 3.21. The van der Waals surface area contributed by atoms with E-state index in [-0.39, 0.29) is 24.1 Å². The SMILES string of the molecule is COc1ccc(SCC(=O)N2CCN(CC(=O)Nc3ccc(OC(F)(F)F)cc3)CC2)cc1. The molecule has 1 saturated heterocycles. The lowest BCUT2D eigenvalue weighted by molar-refractivity contribution is -0.274. The summed E-state index contributed by atoms with van der Waals surface area (Å²) in [6.07, 6.45) is -4.76. The molecule has 7 nitrogen and oxygen atoms in total. The molecule has 11 heteroatoms. The summed E-state index contributed by atoms with van der Waals surface area (Å²) in [5.41, 5.74) is 0.374. The Bertz CT molecular complexity index is 931. The highest BCUT2D eigenvalue weighted by Crippen LogP contribution is 2.24. The van der Waals surface area contributed by atoms with Crippen LogP contribution < -0.4 is 14.8 Å². The van der Waals surface area contributed by atoms with Crippen LogP contribution in [0, 0.1) is 0 Å². The fraction of sp³-hybridized carbons (Fsp3) is 0.364. The van der Waals surface area contributed by atoms with Crippen molar-refractivity contribution in [1.29, 1.82) is 0 Å². The van der Waals surface area contributed by atoms with Gasteiger partial charge in [-0.25, -0.2) is 0 Å².